The summed E-state index contributed by atoms with van der Waals surface area (Å²) in [5, 5.41) is 0. The molecule has 0 fully saturated rings. The highest BCUT2D eigenvalue weighted by Crippen LogP contribution is 2.15. The summed E-state index contributed by atoms with van der Waals surface area (Å²) in [4.78, 5) is 0. The van der Waals surface area contributed by atoms with Crippen LogP contribution < -0.4 is 0 Å². The maximum atomic E-state index is 3.70. The summed E-state index contributed by atoms with van der Waals surface area (Å²) in [6.45, 7) is 7.80. The van der Waals surface area contributed by atoms with Gasteiger partial charge in [-0.15, -0.1) is 0 Å². The quantitative estimate of drug-likeness (QED) is 0.611. The molecule has 20 heavy (non-hydrogen) atoms. The van der Waals surface area contributed by atoms with E-state index in [1.165, 1.54) is 16.7 Å². The van der Waals surface area contributed by atoms with Crippen molar-refractivity contribution in [3.05, 3.63) is 103 Å². The SMILES string of the molecule is C=C/C=C(\C=C/C)c1ccccc1.Cc1ccccc1. The molecule has 0 N–H and O–H groups in total. The summed E-state index contributed by atoms with van der Waals surface area (Å²) >= 11 is 0. The van der Waals surface area contributed by atoms with Gasteiger partial charge in [0.05, 0.1) is 0 Å². The number of benzene rings is 2. The summed E-state index contributed by atoms with van der Waals surface area (Å²) in [5.41, 5.74) is 3.74. The molecule has 0 saturated heterocycles. The summed E-state index contributed by atoms with van der Waals surface area (Å²) in [7, 11) is 0. The molecule has 0 atom stereocenters. The van der Waals surface area contributed by atoms with Crippen LogP contribution in [0.4, 0.5) is 0 Å². The van der Waals surface area contributed by atoms with Crippen LogP contribution in [-0.2, 0) is 0 Å². The average molecular weight is 262 g/mol. The van der Waals surface area contributed by atoms with Crippen molar-refractivity contribution >= 4 is 5.57 Å². The number of aryl methyl sites for hydroxylation is 1. The second kappa shape index (κ2) is 9.57. The Balaban J connectivity index is 0.000000240. The van der Waals surface area contributed by atoms with Gasteiger partial charge in [-0.25, -0.2) is 0 Å². The van der Waals surface area contributed by atoms with E-state index in [9.17, 15) is 0 Å². The predicted octanol–water partition coefficient (Wildman–Crippen LogP) is 5.83. The van der Waals surface area contributed by atoms with Gasteiger partial charge in [0.2, 0.25) is 0 Å². The molecule has 0 aliphatic carbocycles. The zero-order chi connectivity index (χ0) is 14.6. The molecular weight excluding hydrogens is 240 g/mol. The van der Waals surface area contributed by atoms with Gasteiger partial charge < -0.3 is 0 Å². The topological polar surface area (TPSA) is 0 Å². The van der Waals surface area contributed by atoms with Crippen LogP contribution in [0.15, 0.2) is 91.5 Å². The monoisotopic (exact) mass is 262 g/mol. The molecule has 102 valence electrons. The summed E-state index contributed by atoms with van der Waals surface area (Å²) in [5.74, 6) is 0. The largest absolute Gasteiger partial charge is 0.0990 e. The second-order valence-corrected chi connectivity index (χ2v) is 4.38. The predicted molar refractivity (Wildman–Crippen MR) is 90.6 cm³/mol. The van der Waals surface area contributed by atoms with E-state index >= 15 is 0 Å². The van der Waals surface area contributed by atoms with Crippen LogP contribution in [0, 0.1) is 6.92 Å². The normalized spacial score (nSPS) is 10.8. The maximum absolute atomic E-state index is 3.70. The van der Waals surface area contributed by atoms with E-state index in [0.29, 0.717) is 0 Å². The van der Waals surface area contributed by atoms with E-state index in [0.717, 1.165) is 0 Å². The van der Waals surface area contributed by atoms with E-state index in [-0.39, 0.29) is 0 Å². The van der Waals surface area contributed by atoms with Crippen molar-refractivity contribution in [3.63, 3.8) is 0 Å². The fourth-order valence-electron chi connectivity index (χ4n) is 1.72. The molecule has 0 aromatic heterocycles. The molecule has 0 heterocycles. The van der Waals surface area contributed by atoms with Crippen molar-refractivity contribution < 1.29 is 0 Å². The summed E-state index contributed by atoms with van der Waals surface area (Å²) in [6.07, 6.45) is 7.93. The molecule has 0 spiro atoms. The number of hydrogen-bond donors (Lipinski definition) is 0. The van der Waals surface area contributed by atoms with E-state index in [1.54, 1.807) is 0 Å². The van der Waals surface area contributed by atoms with E-state index in [1.807, 2.05) is 61.5 Å². The Morgan fingerprint density at radius 2 is 1.45 bits per heavy atom. The Labute approximate surface area is 122 Å². The molecule has 0 nitrogen and oxygen atoms in total. The molecule has 0 unspecified atom stereocenters. The smallest absolute Gasteiger partial charge is 0.0184 e. The first-order valence-corrected chi connectivity index (χ1v) is 6.80. The first kappa shape index (κ1) is 15.7. The van der Waals surface area contributed by atoms with Gasteiger partial charge >= 0.3 is 0 Å². The molecule has 0 heteroatoms. The lowest BCUT2D eigenvalue weighted by atomic mass is 10.1. The highest BCUT2D eigenvalue weighted by atomic mass is 14.0. The van der Waals surface area contributed by atoms with Gasteiger partial charge in [-0.3, -0.25) is 0 Å². The van der Waals surface area contributed by atoms with Crippen LogP contribution in [0.5, 0.6) is 0 Å². The van der Waals surface area contributed by atoms with Crippen LogP contribution in [-0.4, -0.2) is 0 Å². The minimum Gasteiger partial charge on any atom is -0.0990 e. The molecule has 2 aromatic rings. The zero-order valence-corrected chi connectivity index (χ0v) is 12.3. The molecular formula is C20H22. The van der Waals surface area contributed by atoms with Crippen LogP contribution in [0.1, 0.15) is 18.1 Å². The van der Waals surface area contributed by atoms with Crippen molar-refractivity contribution in [1.29, 1.82) is 0 Å². The third kappa shape index (κ3) is 6.01. The highest BCUT2D eigenvalue weighted by Gasteiger charge is 1.93. The molecule has 2 rings (SSSR count). The van der Waals surface area contributed by atoms with Gasteiger partial charge in [0.1, 0.15) is 0 Å². The van der Waals surface area contributed by atoms with Gasteiger partial charge in [0.25, 0.3) is 0 Å². The Bertz CT molecular complexity index is 545. The van der Waals surface area contributed by atoms with Crippen molar-refractivity contribution in [2.75, 3.05) is 0 Å². The van der Waals surface area contributed by atoms with Crippen LogP contribution in [0.3, 0.4) is 0 Å². The molecule has 0 bridgehead atoms. The summed E-state index contributed by atoms with van der Waals surface area (Å²) < 4.78 is 0. The van der Waals surface area contributed by atoms with Crippen LogP contribution in [0.2, 0.25) is 0 Å². The average Bonchev–Trinajstić information content (AvgIpc) is 2.49. The first-order valence-electron chi connectivity index (χ1n) is 6.80. The Morgan fingerprint density at radius 1 is 0.900 bits per heavy atom. The minimum atomic E-state index is 1.19. The standard InChI is InChI=1S/C13H14.C7H8/c1-3-8-12(9-4-2)13-10-6-5-7-11-13;1-7-5-3-2-4-6-7/h3-11H,1H2,2H3;2-6H,1H3/b9-4-,12-8+;. The lowest BCUT2D eigenvalue weighted by Crippen LogP contribution is -1.78. The lowest BCUT2D eigenvalue weighted by Gasteiger charge is -1.99. The third-order valence-electron chi connectivity index (χ3n) is 2.69. The van der Waals surface area contributed by atoms with Crippen molar-refractivity contribution in [1.82, 2.24) is 0 Å². The van der Waals surface area contributed by atoms with Crippen molar-refractivity contribution in [3.8, 4) is 0 Å². The molecule has 0 aliphatic heterocycles. The first-order chi connectivity index (χ1) is 9.77. The Morgan fingerprint density at radius 3 is 1.85 bits per heavy atom. The number of rotatable bonds is 3. The fraction of sp³-hybridized carbons (Fsp3) is 0.100. The van der Waals surface area contributed by atoms with Gasteiger partial charge in [-0.05, 0) is 25.0 Å². The zero-order valence-electron chi connectivity index (χ0n) is 12.3. The number of hydrogen-bond acceptors (Lipinski definition) is 0. The third-order valence-corrected chi connectivity index (χ3v) is 2.69. The minimum absolute atomic E-state index is 1.19. The van der Waals surface area contributed by atoms with Crippen LogP contribution in [0.25, 0.3) is 5.57 Å². The van der Waals surface area contributed by atoms with E-state index in [2.05, 4.69) is 43.8 Å². The second-order valence-electron chi connectivity index (χ2n) is 4.38. The van der Waals surface area contributed by atoms with Crippen LogP contribution >= 0.6 is 0 Å². The van der Waals surface area contributed by atoms with Crippen molar-refractivity contribution in [2.24, 2.45) is 0 Å². The Kier molecular flexibility index (Phi) is 7.52. The van der Waals surface area contributed by atoms with E-state index < -0.39 is 0 Å². The highest BCUT2D eigenvalue weighted by molar-refractivity contribution is 5.74. The van der Waals surface area contributed by atoms with Crippen molar-refractivity contribution in [2.45, 2.75) is 13.8 Å². The van der Waals surface area contributed by atoms with Gasteiger partial charge in [-0.1, -0.05) is 97.1 Å². The maximum Gasteiger partial charge on any atom is -0.0184 e. The summed E-state index contributed by atoms with van der Waals surface area (Å²) in [6, 6.07) is 20.5. The Hall–Kier alpha value is -2.34. The molecule has 0 saturated carbocycles. The van der Waals surface area contributed by atoms with E-state index in [4.69, 9.17) is 0 Å². The molecule has 2 aromatic carbocycles. The van der Waals surface area contributed by atoms with Gasteiger partial charge in [-0.2, -0.15) is 0 Å². The molecule has 0 aliphatic rings. The van der Waals surface area contributed by atoms with Gasteiger partial charge in [0.15, 0.2) is 0 Å². The number of allylic oxidation sites excluding steroid dienone is 5. The lowest BCUT2D eigenvalue weighted by molar-refractivity contribution is 1.48. The fourth-order valence-corrected chi connectivity index (χ4v) is 1.72. The molecule has 0 amide bonds. The van der Waals surface area contributed by atoms with Gasteiger partial charge in [0, 0.05) is 0 Å². The molecule has 0 radical (unpaired) electrons.